The summed E-state index contributed by atoms with van der Waals surface area (Å²) in [5.41, 5.74) is 0.946. The molecule has 10 nitrogen and oxygen atoms in total. The van der Waals surface area contributed by atoms with Crippen LogP contribution in [-0.2, 0) is 11.2 Å². The summed E-state index contributed by atoms with van der Waals surface area (Å²) in [4.78, 5) is 1.03. The average Bonchev–Trinajstić information content (AvgIpc) is 3.10. The molecule has 2 heterocycles. The number of tetrazole rings is 1. The normalized spacial score (nSPS) is 28.9. The van der Waals surface area contributed by atoms with Crippen LogP contribution in [0.1, 0.15) is 24.5 Å². The molecule has 0 radical (unpaired) electrons. The van der Waals surface area contributed by atoms with E-state index in [0.717, 1.165) is 16.1 Å². The molecule has 5 atom stereocenters. The van der Waals surface area contributed by atoms with Gasteiger partial charge in [-0.3, -0.25) is 0 Å². The third-order valence-corrected chi connectivity index (χ3v) is 4.16. The Balaban J connectivity index is 1.70. The number of aromatic nitrogens is 4. The molecule has 1 aliphatic heterocycles. The van der Waals surface area contributed by atoms with Crippen molar-refractivity contribution in [1.82, 2.24) is 20.2 Å². The van der Waals surface area contributed by atoms with E-state index in [2.05, 4.69) is 15.4 Å². The van der Waals surface area contributed by atoms with Gasteiger partial charge in [0.2, 0.25) is 0 Å². The Hall–Kier alpha value is -2.11. The molecule has 5 unspecified atom stereocenters. The van der Waals surface area contributed by atoms with Crippen LogP contribution in [0.25, 0.3) is 0 Å². The van der Waals surface area contributed by atoms with Gasteiger partial charge in [-0.25, -0.2) is 0 Å². The highest BCUT2D eigenvalue weighted by atomic mass is 16.6. The van der Waals surface area contributed by atoms with E-state index in [-0.39, 0.29) is 0 Å². The summed E-state index contributed by atoms with van der Waals surface area (Å²) in [5.74, 6) is 1.17. The second-order valence-corrected chi connectivity index (χ2v) is 6.00. The topological polar surface area (TPSA) is 143 Å². The fraction of sp³-hybridized carbons (Fsp3) is 0.562. The molecule has 10 heteroatoms. The Morgan fingerprint density at radius 2 is 1.85 bits per heavy atom. The van der Waals surface area contributed by atoms with Crippen LogP contribution in [0.3, 0.4) is 0 Å². The summed E-state index contributed by atoms with van der Waals surface area (Å²) in [7, 11) is 0. The van der Waals surface area contributed by atoms with E-state index >= 15 is 0 Å². The number of nitrogens with zero attached hydrogens (tertiary/aromatic N) is 4. The van der Waals surface area contributed by atoms with Gasteiger partial charge in [0.1, 0.15) is 30.2 Å². The van der Waals surface area contributed by atoms with Gasteiger partial charge in [-0.05, 0) is 29.8 Å². The monoisotopic (exact) mass is 366 g/mol. The molecule has 0 amide bonds. The summed E-state index contributed by atoms with van der Waals surface area (Å²) in [5, 5.41) is 50.9. The Bertz CT molecular complexity index is 707. The van der Waals surface area contributed by atoms with Gasteiger partial charge in [0, 0.05) is 6.42 Å². The van der Waals surface area contributed by atoms with Crippen molar-refractivity contribution >= 4 is 0 Å². The third kappa shape index (κ3) is 3.84. The van der Waals surface area contributed by atoms with Gasteiger partial charge in [-0.2, -0.15) is 0 Å². The zero-order valence-electron chi connectivity index (χ0n) is 14.2. The SMILES string of the molecule is CCOc1ccc(Cc2nnn(C3OC(CO)C(O)C(O)C3O)n2)cc1. The van der Waals surface area contributed by atoms with Gasteiger partial charge < -0.3 is 29.9 Å². The van der Waals surface area contributed by atoms with Crippen LogP contribution in [0.15, 0.2) is 24.3 Å². The smallest absolute Gasteiger partial charge is 0.199 e. The third-order valence-electron chi connectivity index (χ3n) is 4.16. The lowest BCUT2D eigenvalue weighted by Gasteiger charge is -2.38. The predicted molar refractivity (Wildman–Crippen MR) is 87.3 cm³/mol. The fourth-order valence-electron chi connectivity index (χ4n) is 2.76. The molecule has 1 aromatic carbocycles. The van der Waals surface area contributed by atoms with E-state index in [1.807, 2.05) is 31.2 Å². The van der Waals surface area contributed by atoms with Gasteiger partial charge in [0.05, 0.1) is 13.2 Å². The first-order valence-corrected chi connectivity index (χ1v) is 8.34. The van der Waals surface area contributed by atoms with Crippen LogP contribution >= 0.6 is 0 Å². The van der Waals surface area contributed by atoms with Crippen LogP contribution in [0, 0.1) is 0 Å². The number of aliphatic hydroxyl groups is 4. The second kappa shape index (κ2) is 8.06. The Labute approximate surface area is 149 Å². The molecule has 1 aromatic heterocycles. The fourth-order valence-corrected chi connectivity index (χ4v) is 2.76. The predicted octanol–water partition coefficient (Wildman–Crippen LogP) is -1.36. The lowest BCUT2D eigenvalue weighted by Crippen LogP contribution is -2.56. The first-order chi connectivity index (χ1) is 12.5. The van der Waals surface area contributed by atoms with E-state index in [4.69, 9.17) is 9.47 Å². The van der Waals surface area contributed by atoms with Crippen molar-refractivity contribution < 1.29 is 29.9 Å². The summed E-state index contributed by atoms with van der Waals surface area (Å²) >= 11 is 0. The molecule has 1 aliphatic rings. The molecule has 4 N–H and O–H groups in total. The van der Waals surface area contributed by atoms with E-state index in [1.54, 1.807) is 0 Å². The Morgan fingerprint density at radius 3 is 2.50 bits per heavy atom. The highest BCUT2D eigenvalue weighted by Crippen LogP contribution is 2.27. The second-order valence-electron chi connectivity index (χ2n) is 6.00. The molecule has 142 valence electrons. The lowest BCUT2D eigenvalue weighted by atomic mass is 9.99. The number of benzene rings is 1. The molecule has 1 fully saturated rings. The highest BCUT2D eigenvalue weighted by molar-refractivity contribution is 5.28. The maximum Gasteiger partial charge on any atom is 0.199 e. The van der Waals surface area contributed by atoms with Crippen LogP contribution in [0.2, 0.25) is 0 Å². The molecule has 0 saturated carbocycles. The number of rotatable bonds is 6. The van der Waals surface area contributed by atoms with E-state index in [0.29, 0.717) is 18.9 Å². The highest BCUT2D eigenvalue weighted by Gasteiger charge is 2.45. The molecular formula is C16H22N4O6. The zero-order valence-corrected chi connectivity index (χ0v) is 14.2. The van der Waals surface area contributed by atoms with Crippen molar-refractivity contribution in [2.24, 2.45) is 0 Å². The van der Waals surface area contributed by atoms with E-state index in [9.17, 15) is 20.4 Å². The van der Waals surface area contributed by atoms with Crippen molar-refractivity contribution in [3.8, 4) is 5.75 Å². The minimum absolute atomic E-state index is 0.395. The molecule has 0 spiro atoms. The van der Waals surface area contributed by atoms with Gasteiger partial charge >= 0.3 is 0 Å². The van der Waals surface area contributed by atoms with Crippen molar-refractivity contribution in [3.05, 3.63) is 35.7 Å². The van der Waals surface area contributed by atoms with Gasteiger partial charge in [0.15, 0.2) is 12.1 Å². The van der Waals surface area contributed by atoms with Gasteiger partial charge in [-0.15, -0.1) is 15.0 Å². The van der Waals surface area contributed by atoms with E-state index < -0.39 is 37.3 Å². The first kappa shape index (κ1) is 18.7. The molecule has 26 heavy (non-hydrogen) atoms. The molecular weight excluding hydrogens is 344 g/mol. The summed E-state index contributed by atoms with van der Waals surface area (Å²) in [6.07, 6.45) is -6.17. The summed E-state index contributed by atoms with van der Waals surface area (Å²) in [6, 6.07) is 7.47. The lowest BCUT2D eigenvalue weighted by molar-refractivity contribution is -0.257. The zero-order chi connectivity index (χ0) is 18.7. The Morgan fingerprint density at radius 1 is 1.12 bits per heavy atom. The van der Waals surface area contributed by atoms with Crippen molar-refractivity contribution in [3.63, 3.8) is 0 Å². The maximum atomic E-state index is 10.1. The van der Waals surface area contributed by atoms with Crippen LogP contribution < -0.4 is 4.74 Å². The standard InChI is InChI=1S/C16H22N4O6/c1-2-25-10-5-3-9(4-6-10)7-12-17-19-20(18-12)16-15(24)14(23)13(22)11(8-21)26-16/h3-6,11,13-16,21-24H,2,7-8H2,1H3. The quantitative estimate of drug-likeness (QED) is 0.487. The van der Waals surface area contributed by atoms with E-state index in [1.165, 1.54) is 0 Å². The number of aliphatic hydroxyl groups excluding tert-OH is 4. The molecule has 3 rings (SSSR count). The molecule has 0 bridgehead atoms. The summed E-state index contributed by atoms with van der Waals surface area (Å²) < 4.78 is 10.8. The minimum atomic E-state index is -1.49. The van der Waals surface area contributed by atoms with Crippen molar-refractivity contribution in [2.75, 3.05) is 13.2 Å². The maximum absolute atomic E-state index is 10.1. The Kier molecular flexibility index (Phi) is 5.79. The van der Waals surface area contributed by atoms with Gasteiger partial charge in [-0.1, -0.05) is 12.1 Å². The summed E-state index contributed by atoms with van der Waals surface area (Å²) in [6.45, 7) is 1.98. The van der Waals surface area contributed by atoms with Crippen molar-refractivity contribution in [1.29, 1.82) is 0 Å². The first-order valence-electron chi connectivity index (χ1n) is 8.34. The molecule has 2 aromatic rings. The molecule has 1 saturated heterocycles. The van der Waals surface area contributed by atoms with Gasteiger partial charge in [0.25, 0.3) is 0 Å². The molecule has 0 aliphatic carbocycles. The van der Waals surface area contributed by atoms with Crippen LogP contribution in [0.4, 0.5) is 0 Å². The number of hydrogen-bond donors (Lipinski definition) is 4. The van der Waals surface area contributed by atoms with Crippen LogP contribution in [0.5, 0.6) is 5.75 Å². The van der Waals surface area contributed by atoms with Crippen LogP contribution in [-0.4, -0.2) is 78.3 Å². The average molecular weight is 366 g/mol. The number of hydrogen-bond acceptors (Lipinski definition) is 9. The minimum Gasteiger partial charge on any atom is -0.494 e. The van der Waals surface area contributed by atoms with Crippen molar-refractivity contribution in [2.45, 2.75) is 44.0 Å². The largest absolute Gasteiger partial charge is 0.494 e. The number of ether oxygens (including phenoxy) is 2.